The minimum absolute atomic E-state index is 1.15. The quantitative estimate of drug-likeness (QED) is 0.238. The molecular formula is C25H32Si2Zr. The zero-order valence-electron chi connectivity index (χ0n) is 18.1. The molecule has 0 atom stereocenters. The molecular weight excluding hydrogens is 448 g/mol. The van der Waals surface area contributed by atoms with Crippen LogP contribution in [-0.4, -0.2) is 20.4 Å². The van der Waals surface area contributed by atoms with Crippen molar-refractivity contribution in [1.82, 2.24) is 0 Å². The second kappa shape index (κ2) is 9.56. The van der Waals surface area contributed by atoms with Crippen LogP contribution in [0.1, 0.15) is 0 Å². The Hall–Kier alpha value is -1.15. The Labute approximate surface area is 187 Å². The van der Waals surface area contributed by atoms with Crippen LogP contribution >= 0.6 is 0 Å². The summed E-state index contributed by atoms with van der Waals surface area (Å²) in [5.41, 5.74) is 0. The first-order chi connectivity index (χ1) is 13.2. The molecule has 0 amide bonds. The molecule has 0 fully saturated rings. The summed E-state index contributed by atoms with van der Waals surface area (Å²) in [5.74, 6) is 0. The predicted molar refractivity (Wildman–Crippen MR) is 132 cm³/mol. The summed E-state index contributed by atoms with van der Waals surface area (Å²) in [6.45, 7) is 14.4. The van der Waals surface area contributed by atoms with E-state index < -0.39 is 16.1 Å². The van der Waals surface area contributed by atoms with Crippen molar-refractivity contribution in [2.45, 2.75) is 39.3 Å². The molecule has 0 unspecified atom stereocenters. The molecule has 144 valence electrons. The molecule has 3 heteroatoms. The molecule has 0 aliphatic carbocycles. The van der Waals surface area contributed by atoms with Crippen molar-refractivity contribution in [3.8, 4) is 0 Å². The van der Waals surface area contributed by atoms with Crippen molar-refractivity contribution in [1.29, 1.82) is 0 Å². The average molecular weight is 480 g/mol. The van der Waals surface area contributed by atoms with Gasteiger partial charge in [0.1, 0.15) is 0 Å². The van der Waals surface area contributed by atoms with E-state index in [0.717, 1.165) is 0 Å². The van der Waals surface area contributed by atoms with Crippen molar-refractivity contribution in [3.63, 3.8) is 0 Å². The van der Waals surface area contributed by atoms with Gasteiger partial charge in [0.25, 0.3) is 0 Å². The van der Waals surface area contributed by atoms with Gasteiger partial charge < -0.3 is 0 Å². The molecule has 0 bridgehead atoms. The van der Waals surface area contributed by atoms with Gasteiger partial charge in [0.05, 0.1) is 0 Å². The van der Waals surface area contributed by atoms with E-state index in [9.17, 15) is 0 Å². The third-order valence-electron chi connectivity index (χ3n) is 4.98. The fourth-order valence-electron chi connectivity index (χ4n) is 3.61. The Morgan fingerprint density at radius 3 is 1.25 bits per heavy atom. The van der Waals surface area contributed by atoms with Gasteiger partial charge in [-0.2, -0.15) is 33.3 Å². The second-order valence-corrected chi connectivity index (χ2v) is 19.2. The fourth-order valence-corrected chi connectivity index (χ4v) is 6.85. The SMILES string of the molecule is C[Si](C)(C)c1c[cH-]c2ccccc12.C[Si](C)(C)c1c[cH-]c2ccccc12.[CH2]=[Zr+2]. The van der Waals surface area contributed by atoms with Crippen molar-refractivity contribution < 1.29 is 24.2 Å². The standard InChI is InChI=1S/2C12H15Si.CH2.Zr/c2*1-13(2,3)12-9-8-10-6-4-5-7-11(10)12;;/h2*4-9H,1-3H3;1H2;/q2*-1;;+2. The summed E-state index contributed by atoms with van der Waals surface area (Å²) >= 11 is 1.30. The van der Waals surface area contributed by atoms with Crippen molar-refractivity contribution in [2.24, 2.45) is 0 Å². The van der Waals surface area contributed by atoms with E-state index in [1.54, 1.807) is 10.4 Å². The Bertz CT molecular complexity index is 942. The molecule has 0 radical (unpaired) electrons. The monoisotopic (exact) mass is 478 g/mol. The first-order valence-corrected chi connectivity index (χ1v) is 18.6. The normalized spacial score (nSPS) is 11.6. The van der Waals surface area contributed by atoms with Crippen LogP contribution in [0.3, 0.4) is 0 Å². The van der Waals surface area contributed by atoms with Crippen molar-refractivity contribution >= 4 is 52.3 Å². The summed E-state index contributed by atoms with van der Waals surface area (Å²) in [7, 11) is -2.29. The van der Waals surface area contributed by atoms with Crippen LogP contribution in [0.2, 0.25) is 39.3 Å². The Kier molecular flexibility index (Phi) is 7.90. The van der Waals surface area contributed by atoms with E-state index >= 15 is 0 Å². The molecule has 4 aromatic carbocycles. The van der Waals surface area contributed by atoms with Gasteiger partial charge in [-0.25, -0.2) is 0 Å². The summed E-state index contributed by atoms with van der Waals surface area (Å²) < 4.78 is 3.34. The van der Waals surface area contributed by atoms with E-state index in [2.05, 4.69) is 116 Å². The summed E-state index contributed by atoms with van der Waals surface area (Å²) in [6.07, 6.45) is 0. The van der Waals surface area contributed by atoms with E-state index in [1.807, 2.05) is 0 Å². The third kappa shape index (κ3) is 5.47. The number of hydrogen-bond donors (Lipinski definition) is 0. The topological polar surface area (TPSA) is 0 Å². The van der Waals surface area contributed by atoms with Crippen LogP contribution in [-0.2, 0) is 24.2 Å². The van der Waals surface area contributed by atoms with Gasteiger partial charge in [-0.3, -0.25) is 0 Å². The molecule has 0 N–H and O–H groups in total. The van der Waals surface area contributed by atoms with Crippen LogP contribution in [0.25, 0.3) is 21.5 Å². The molecule has 0 nitrogen and oxygen atoms in total. The Morgan fingerprint density at radius 1 is 0.607 bits per heavy atom. The van der Waals surface area contributed by atoms with Gasteiger partial charge in [-0.05, 0) is 0 Å². The maximum atomic E-state index is 3.34. The summed E-state index contributed by atoms with van der Waals surface area (Å²) in [6, 6.07) is 26.4. The number of fused-ring (bicyclic) bond motifs is 2. The van der Waals surface area contributed by atoms with Crippen LogP contribution in [0.4, 0.5) is 0 Å². The van der Waals surface area contributed by atoms with Gasteiger partial charge in [0.2, 0.25) is 0 Å². The van der Waals surface area contributed by atoms with Gasteiger partial charge in [-0.1, -0.05) is 51.4 Å². The molecule has 0 saturated heterocycles. The molecule has 4 rings (SSSR count). The zero-order chi connectivity index (χ0) is 20.9. The van der Waals surface area contributed by atoms with Crippen molar-refractivity contribution in [2.75, 3.05) is 0 Å². The number of rotatable bonds is 2. The zero-order valence-corrected chi connectivity index (χ0v) is 22.6. The Morgan fingerprint density at radius 2 is 0.929 bits per heavy atom. The van der Waals surface area contributed by atoms with E-state index in [0.29, 0.717) is 0 Å². The van der Waals surface area contributed by atoms with E-state index in [4.69, 9.17) is 0 Å². The van der Waals surface area contributed by atoms with Crippen LogP contribution in [0, 0.1) is 0 Å². The van der Waals surface area contributed by atoms with Gasteiger partial charge in [-0.15, -0.1) is 59.3 Å². The second-order valence-electron chi connectivity index (χ2n) is 9.17. The predicted octanol–water partition coefficient (Wildman–Crippen LogP) is 6.17. The van der Waals surface area contributed by atoms with Crippen LogP contribution in [0.5, 0.6) is 0 Å². The molecule has 0 spiro atoms. The minimum atomic E-state index is -1.15. The molecule has 0 aliphatic rings. The van der Waals surface area contributed by atoms with Crippen LogP contribution < -0.4 is 10.4 Å². The van der Waals surface area contributed by atoms with E-state index in [1.165, 1.54) is 45.8 Å². The first kappa shape index (κ1) is 23.1. The van der Waals surface area contributed by atoms with Gasteiger partial charge in [0.15, 0.2) is 0 Å². The molecule has 0 aliphatic heterocycles. The molecule has 0 saturated carbocycles. The van der Waals surface area contributed by atoms with Gasteiger partial charge in [0, 0.05) is 16.1 Å². The van der Waals surface area contributed by atoms with Crippen molar-refractivity contribution in [3.05, 3.63) is 72.8 Å². The Balaban J connectivity index is 0.000000184. The number of hydrogen-bond acceptors (Lipinski definition) is 0. The molecule has 0 aromatic heterocycles. The average Bonchev–Trinajstić information content (AvgIpc) is 3.27. The number of benzene rings is 2. The third-order valence-corrected chi connectivity index (χ3v) is 9.08. The first-order valence-electron chi connectivity index (χ1n) is 9.83. The van der Waals surface area contributed by atoms with Gasteiger partial charge >= 0.3 is 28.4 Å². The molecule has 28 heavy (non-hydrogen) atoms. The summed E-state index contributed by atoms with van der Waals surface area (Å²) in [4.78, 5) is 0. The van der Waals surface area contributed by atoms with E-state index in [-0.39, 0.29) is 0 Å². The molecule has 4 aromatic rings. The van der Waals surface area contributed by atoms with Crippen LogP contribution in [0.15, 0.2) is 72.8 Å². The molecule has 0 heterocycles. The summed E-state index contributed by atoms with van der Waals surface area (Å²) in [5, 5.41) is 8.87. The maximum absolute atomic E-state index is 3.34. The fraction of sp³-hybridized carbons (Fsp3) is 0.240.